The Hall–Kier alpha value is -1.33. The first-order valence-electron chi connectivity index (χ1n) is 6.71. The minimum Gasteiger partial charge on any atom is -0.399 e. The van der Waals surface area contributed by atoms with Crippen molar-refractivity contribution in [1.82, 2.24) is 0 Å². The number of nitrogens with zero attached hydrogens (tertiary/aromatic N) is 1. The number of carbonyl (C=O) groups excluding carboxylic acids is 1. The lowest BCUT2D eigenvalue weighted by Gasteiger charge is -2.30. The minimum absolute atomic E-state index is 0.00329. The van der Waals surface area contributed by atoms with E-state index >= 15 is 0 Å². The summed E-state index contributed by atoms with van der Waals surface area (Å²) in [6, 6.07) is 11.4. The molecular weight excluding hydrogens is 396 g/mol. The normalized spacial score (nSPS) is 13.9. The van der Waals surface area contributed by atoms with E-state index in [2.05, 4.69) is 31.9 Å². The number of nitrogen functional groups attached to an aromatic ring is 1. The molecule has 0 unspecified atom stereocenters. The third kappa shape index (κ3) is 2.99. The van der Waals surface area contributed by atoms with Crippen LogP contribution in [0.3, 0.4) is 0 Å². The van der Waals surface area contributed by atoms with Gasteiger partial charge in [-0.15, -0.1) is 0 Å². The quantitative estimate of drug-likeness (QED) is 0.710. The molecule has 21 heavy (non-hydrogen) atoms. The van der Waals surface area contributed by atoms with Crippen LogP contribution < -0.4 is 10.6 Å². The molecule has 2 aromatic carbocycles. The molecule has 0 saturated heterocycles. The monoisotopic (exact) mass is 408 g/mol. The van der Waals surface area contributed by atoms with E-state index in [9.17, 15) is 4.79 Å². The summed E-state index contributed by atoms with van der Waals surface area (Å²) in [7, 11) is 0. The molecule has 5 heteroatoms. The first-order valence-corrected chi connectivity index (χ1v) is 8.29. The first kappa shape index (κ1) is 14.6. The van der Waals surface area contributed by atoms with Crippen molar-refractivity contribution in [2.75, 3.05) is 17.2 Å². The van der Waals surface area contributed by atoms with Gasteiger partial charge in [0.25, 0.3) is 5.91 Å². The van der Waals surface area contributed by atoms with E-state index in [0.29, 0.717) is 11.3 Å². The number of amides is 1. The van der Waals surface area contributed by atoms with E-state index in [1.54, 1.807) is 0 Å². The lowest BCUT2D eigenvalue weighted by Crippen LogP contribution is -2.35. The van der Waals surface area contributed by atoms with Crippen molar-refractivity contribution in [3.05, 3.63) is 56.5 Å². The number of halogens is 2. The Kier molecular flexibility index (Phi) is 4.04. The van der Waals surface area contributed by atoms with E-state index in [1.165, 1.54) is 5.56 Å². The Labute approximate surface area is 140 Å². The van der Waals surface area contributed by atoms with E-state index in [1.807, 2.05) is 41.3 Å². The number of carbonyl (C=O) groups is 1. The van der Waals surface area contributed by atoms with Gasteiger partial charge in [-0.25, -0.2) is 0 Å². The standard InChI is InChI=1S/C16H14Br2N2O/c17-12-6-11(7-13(18)8-12)16(21)20-5-1-2-10-3-4-14(19)9-15(10)20/h3-4,6-9H,1-2,5,19H2. The van der Waals surface area contributed by atoms with Crippen LogP contribution in [0.5, 0.6) is 0 Å². The molecule has 0 radical (unpaired) electrons. The molecule has 1 amide bonds. The van der Waals surface area contributed by atoms with Gasteiger partial charge in [0.1, 0.15) is 0 Å². The molecule has 2 aromatic rings. The van der Waals surface area contributed by atoms with Crippen molar-refractivity contribution in [2.24, 2.45) is 0 Å². The van der Waals surface area contributed by atoms with E-state index in [4.69, 9.17) is 5.73 Å². The fourth-order valence-corrected chi connectivity index (χ4v) is 3.93. The van der Waals surface area contributed by atoms with E-state index in [0.717, 1.165) is 34.0 Å². The summed E-state index contributed by atoms with van der Waals surface area (Å²) in [6.07, 6.45) is 1.96. The van der Waals surface area contributed by atoms with Crippen LogP contribution in [0.1, 0.15) is 22.3 Å². The minimum atomic E-state index is 0.00329. The van der Waals surface area contributed by atoms with Crippen LogP contribution in [0.25, 0.3) is 0 Å². The Morgan fingerprint density at radius 1 is 1.10 bits per heavy atom. The van der Waals surface area contributed by atoms with Gasteiger partial charge in [-0.3, -0.25) is 4.79 Å². The highest BCUT2D eigenvalue weighted by Crippen LogP contribution is 2.31. The highest BCUT2D eigenvalue weighted by molar-refractivity contribution is 9.11. The smallest absolute Gasteiger partial charge is 0.258 e. The maximum absolute atomic E-state index is 12.8. The number of hydrogen-bond acceptors (Lipinski definition) is 2. The molecule has 3 rings (SSSR count). The zero-order valence-electron chi connectivity index (χ0n) is 11.3. The summed E-state index contributed by atoms with van der Waals surface area (Å²) in [5.74, 6) is 0.00329. The van der Waals surface area contributed by atoms with Gasteiger partial charge in [-0.1, -0.05) is 37.9 Å². The van der Waals surface area contributed by atoms with Crippen molar-refractivity contribution in [3.63, 3.8) is 0 Å². The predicted octanol–water partition coefficient (Wildman–Crippen LogP) is 4.39. The zero-order valence-corrected chi connectivity index (χ0v) is 14.4. The Balaban J connectivity index is 2.01. The summed E-state index contributed by atoms with van der Waals surface area (Å²) in [5, 5.41) is 0. The number of hydrogen-bond donors (Lipinski definition) is 1. The van der Waals surface area contributed by atoms with Gasteiger partial charge in [0.2, 0.25) is 0 Å². The lowest BCUT2D eigenvalue weighted by molar-refractivity contribution is 0.0985. The highest BCUT2D eigenvalue weighted by atomic mass is 79.9. The summed E-state index contributed by atoms with van der Waals surface area (Å²) in [6.45, 7) is 0.722. The molecule has 1 aliphatic rings. The fourth-order valence-electron chi connectivity index (χ4n) is 2.64. The SMILES string of the molecule is Nc1ccc2c(c1)N(C(=O)c1cc(Br)cc(Br)c1)CCC2. The van der Waals surface area contributed by atoms with Gasteiger partial charge in [-0.05, 0) is 48.7 Å². The number of anilines is 2. The van der Waals surface area contributed by atoms with Crippen molar-refractivity contribution in [2.45, 2.75) is 12.8 Å². The Morgan fingerprint density at radius 3 is 2.52 bits per heavy atom. The third-order valence-electron chi connectivity index (χ3n) is 3.58. The molecule has 0 aliphatic carbocycles. The second-order valence-electron chi connectivity index (χ2n) is 5.11. The molecule has 0 atom stereocenters. The number of fused-ring (bicyclic) bond motifs is 1. The molecule has 108 valence electrons. The van der Waals surface area contributed by atoms with Crippen LogP contribution >= 0.6 is 31.9 Å². The highest BCUT2D eigenvalue weighted by Gasteiger charge is 2.24. The molecule has 0 aromatic heterocycles. The molecule has 3 nitrogen and oxygen atoms in total. The summed E-state index contributed by atoms with van der Waals surface area (Å²) in [5.41, 5.74) is 9.33. The Morgan fingerprint density at radius 2 is 1.81 bits per heavy atom. The van der Waals surface area contributed by atoms with Gasteiger partial charge in [0.05, 0.1) is 0 Å². The van der Waals surface area contributed by atoms with Crippen LogP contribution in [-0.2, 0) is 6.42 Å². The summed E-state index contributed by atoms with van der Waals surface area (Å²) in [4.78, 5) is 14.6. The van der Waals surface area contributed by atoms with Gasteiger partial charge in [0, 0.05) is 32.4 Å². The molecule has 0 spiro atoms. The van der Waals surface area contributed by atoms with Crippen LogP contribution in [0, 0.1) is 0 Å². The maximum Gasteiger partial charge on any atom is 0.258 e. The van der Waals surface area contributed by atoms with Crippen molar-refractivity contribution >= 4 is 49.1 Å². The summed E-state index contributed by atoms with van der Waals surface area (Å²) >= 11 is 6.86. The van der Waals surface area contributed by atoms with Crippen molar-refractivity contribution in [1.29, 1.82) is 0 Å². The topological polar surface area (TPSA) is 46.3 Å². The first-order chi connectivity index (χ1) is 10.0. The molecule has 1 aliphatic heterocycles. The van der Waals surface area contributed by atoms with E-state index in [-0.39, 0.29) is 5.91 Å². The van der Waals surface area contributed by atoms with Gasteiger partial charge >= 0.3 is 0 Å². The average molecular weight is 410 g/mol. The molecule has 1 heterocycles. The van der Waals surface area contributed by atoms with Crippen LogP contribution in [0.4, 0.5) is 11.4 Å². The lowest BCUT2D eigenvalue weighted by atomic mass is 10.00. The number of benzene rings is 2. The average Bonchev–Trinajstić information content (AvgIpc) is 2.44. The molecule has 0 fully saturated rings. The number of rotatable bonds is 1. The predicted molar refractivity (Wildman–Crippen MR) is 92.7 cm³/mol. The van der Waals surface area contributed by atoms with Gasteiger partial charge in [-0.2, -0.15) is 0 Å². The van der Waals surface area contributed by atoms with Crippen LogP contribution in [-0.4, -0.2) is 12.5 Å². The van der Waals surface area contributed by atoms with Crippen molar-refractivity contribution in [3.8, 4) is 0 Å². The second kappa shape index (κ2) is 5.81. The molecule has 0 bridgehead atoms. The van der Waals surface area contributed by atoms with Crippen LogP contribution in [0.15, 0.2) is 45.3 Å². The zero-order chi connectivity index (χ0) is 15.0. The third-order valence-corrected chi connectivity index (χ3v) is 4.50. The van der Waals surface area contributed by atoms with E-state index < -0.39 is 0 Å². The summed E-state index contributed by atoms with van der Waals surface area (Å²) < 4.78 is 1.76. The second-order valence-corrected chi connectivity index (χ2v) is 6.94. The number of aryl methyl sites for hydroxylation is 1. The Bertz CT molecular complexity index is 695. The fraction of sp³-hybridized carbons (Fsp3) is 0.188. The van der Waals surface area contributed by atoms with Crippen molar-refractivity contribution < 1.29 is 4.79 Å². The molecule has 0 saturated carbocycles. The van der Waals surface area contributed by atoms with Gasteiger partial charge < -0.3 is 10.6 Å². The van der Waals surface area contributed by atoms with Crippen LogP contribution in [0.2, 0.25) is 0 Å². The molecular formula is C16H14Br2N2O. The largest absolute Gasteiger partial charge is 0.399 e. The van der Waals surface area contributed by atoms with Gasteiger partial charge in [0.15, 0.2) is 0 Å². The number of nitrogens with two attached hydrogens (primary N) is 1. The maximum atomic E-state index is 12.8. The molecule has 2 N–H and O–H groups in total.